The lowest BCUT2D eigenvalue weighted by Crippen LogP contribution is -2.26. The molecule has 0 saturated carbocycles. The molecule has 1 aromatic carbocycles. The molecule has 1 aromatic heterocycles. The molecule has 0 aliphatic carbocycles. The molecule has 0 bridgehead atoms. The highest BCUT2D eigenvalue weighted by Crippen LogP contribution is 2.35. The number of hydroxylamine groups is 2. The van der Waals surface area contributed by atoms with Crippen LogP contribution in [0.25, 0.3) is 10.4 Å². The number of aromatic nitrogens is 1. The summed E-state index contributed by atoms with van der Waals surface area (Å²) < 4.78 is 24.9. The molecule has 1 aliphatic rings. The molecule has 8 heteroatoms. The van der Waals surface area contributed by atoms with Gasteiger partial charge < -0.3 is 9.47 Å². The third-order valence-corrected chi connectivity index (χ3v) is 5.62. The van der Waals surface area contributed by atoms with E-state index in [1.165, 1.54) is 37.6 Å². The van der Waals surface area contributed by atoms with Crippen molar-refractivity contribution in [2.24, 2.45) is 0 Å². The zero-order valence-corrected chi connectivity index (χ0v) is 16.4. The molecule has 2 atom stereocenters. The van der Waals surface area contributed by atoms with Gasteiger partial charge in [0.2, 0.25) is 0 Å². The smallest absolute Gasteiger partial charge is 0.297 e. The summed E-state index contributed by atoms with van der Waals surface area (Å²) in [7, 11) is 2.93. The van der Waals surface area contributed by atoms with Gasteiger partial charge in [0, 0.05) is 13.7 Å². The average molecular weight is 394 g/mol. The molecule has 0 radical (unpaired) electrons. The number of carbonyl (C=O) groups excluding carboxylic acids is 1. The predicted octanol–water partition coefficient (Wildman–Crippen LogP) is 4.19. The van der Waals surface area contributed by atoms with Gasteiger partial charge in [-0.05, 0) is 43.9 Å². The van der Waals surface area contributed by atoms with E-state index in [2.05, 4.69) is 4.98 Å². The number of rotatable bonds is 6. The van der Waals surface area contributed by atoms with Crippen LogP contribution in [0.2, 0.25) is 0 Å². The Morgan fingerprint density at radius 2 is 2.11 bits per heavy atom. The van der Waals surface area contributed by atoms with Crippen molar-refractivity contribution < 1.29 is 23.5 Å². The molecule has 1 saturated heterocycles. The van der Waals surface area contributed by atoms with Gasteiger partial charge in [0.15, 0.2) is 6.29 Å². The highest BCUT2D eigenvalue weighted by atomic mass is 32.1. The Morgan fingerprint density at radius 3 is 2.74 bits per heavy atom. The van der Waals surface area contributed by atoms with E-state index in [9.17, 15) is 9.18 Å². The molecule has 2 heterocycles. The first kappa shape index (κ1) is 19.9. The summed E-state index contributed by atoms with van der Waals surface area (Å²) in [5.74, 6) is -0.711. The Labute approximate surface area is 161 Å². The first-order chi connectivity index (χ1) is 13.0. The quantitative estimate of drug-likeness (QED) is 0.688. The average Bonchev–Trinajstić information content (AvgIpc) is 3.13. The number of hydrogen-bond donors (Lipinski definition) is 0. The molecule has 2 aromatic rings. The van der Waals surface area contributed by atoms with Gasteiger partial charge in [0.1, 0.15) is 22.6 Å². The third kappa shape index (κ3) is 4.70. The van der Waals surface area contributed by atoms with Crippen LogP contribution in [0.3, 0.4) is 0 Å². The highest BCUT2D eigenvalue weighted by molar-refractivity contribution is 7.15. The van der Waals surface area contributed by atoms with E-state index < -0.39 is 0 Å². The summed E-state index contributed by atoms with van der Waals surface area (Å²) in [5, 5.41) is 1.78. The first-order valence-electron chi connectivity index (χ1n) is 8.85. The summed E-state index contributed by atoms with van der Waals surface area (Å²) in [6, 6.07) is 5.98. The fourth-order valence-electron chi connectivity index (χ4n) is 2.79. The largest absolute Gasteiger partial charge is 0.353 e. The van der Waals surface area contributed by atoms with Crippen LogP contribution in [0.15, 0.2) is 24.3 Å². The van der Waals surface area contributed by atoms with Crippen molar-refractivity contribution in [2.45, 2.75) is 38.6 Å². The number of thiazole rings is 1. The standard InChI is InChI=1S/C19H23FN2O4S/c1-12(26-15-6-4-5-11-25-15)18-21-16(19(23)22(2)24-3)17(27-18)13-7-9-14(20)10-8-13/h7-10,12,15H,4-6,11H2,1-3H3/t12-,15?/m0/s1. The van der Waals surface area contributed by atoms with E-state index in [0.717, 1.165) is 24.3 Å². The number of ether oxygens (including phenoxy) is 2. The first-order valence-corrected chi connectivity index (χ1v) is 9.67. The molecule has 6 nitrogen and oxygen atoms in total. The van der Waals surface area contributed by atoms with Gasteiger partial charge in [0.05, 0.1) is 12.0 Å². The van der Waals surface area contributed by atoms with E-state index in [-0.39, 0.29) is 29.8 Å². The SMILES string of the molecule is CON(C)C(=O)c1nc([C@H](C)OC2CCCCO2)sc1-c1ccc(F)cc1. The predicted molar refractivity (Wildman–Crippen MR) is 99.7 cm³/mol. The summed E-state index contributed by atoms with van der Waals surface area (Å²) >= 11 is 1.35. The molecule has 0 N–H and O–H groups in total. The normalized spacial score (nSPS) is 18.3. The van der Waals surface area contributed by atoms with E-state index in [4.69, 9.17) is 14.3 Å². The van der Waals surface area contributed by atoms with E-state index in [0.29, 0.717) is 22.1 Å². The van der Waals surface area contributed by atoms with Crippen LogP contribution in [-0.4, -0.2) is 43.0 Å². The van der Waals surface area contributed by atoms with Gasteiger partial charge in [-0.15, -0.1) is 11.3 Å². The van der Waals surface area contributed by atoms with Crippen LogP contribution in [0.4, 0.5) is 4.39 Å². The molecule has 1 fully saturated rings. The van der Waals surface area contributed by atoms with Crippen LogP contribution in [0.5, 0.6) is 0 Å². The van der Waals surface area contributed by atoms with Crippen molar-refractivity contribution >= 4 is 17.2 Å². The minimum Gasteiger partial charge on any atom is -0.353 e. The Morgan fingerprint density at radius 1 is 1.37 bits per heavy atom. The van der Waals surface area contributed by atoms with E-state index >= 15 is 0 Å². The minimum absolute atomic E-state index is 0.256. The number of carbonyl (C=O) groups is 1. The van der Waals surface area contributed by atoms with Gasteiger partial charge in [-0.25, -0.2) is 14.4 Å². The van der Waals surface area contributed by atoms with Crippen molar-refractivity contribution in [3.8, 4) is 10.4 Å². The van der Waals surface area contributed by atoms with Crippen molar-refractivity contribution in [1.29, 1.82) is 0 Å². The summed E-state index contributed by atoms with van der Waals surface area (Å²) in [6.07, 6.45) is 2.37. The van der Waals surface area contributed by atoms with Gasteiger partial charge in [0.25, 0.3) is 5.91 Å². The molecule has 1 unspecified atom stereocenters. The van der Waals surface area contributed by atoms with Crippen molar-refractivity contribution in [3.63, 3.8) is 0 Å². The monoisotopic (exact) mass is 394 g/mol. The molecule has 146 valence electrons. The van der Waals surface area contributed by atoms with Crippen molar-refractivity contribution in [2.75, 3.05) is 20.8 Å². The molecular formula is C19H23FN2O4S. The topological polar surface area (TPSA) is 60.9 Å². The van der Waals surface area contributed by atoms with Gasteiger partial charge >= 0.3 is 0 Å². The molecular weight excluding hydrogens is 371 g/mol. The lowest BCUT2D eigenvalue weighted by atomic mass is 10.1. The fraction of sp³-hybridized carbons (Fsp3) is 0.474. The van der Waals surface area contributed by atoms with Crippen LogP contribution >= 0.6 is 11.3 Å². The van der Waals surface area contributed by atoms with Gasteiger partial charge in [-0.3, -0.25) is 9.63 Å². The number of nitrogens with zero attached hydrogens (tertiary/aromatic N) is 2. The Hall–Kier alpha value is -1.87. The molecule has 27 heavy (non-hydrogen) atoms. The fourth-order valence-corrected chi connectivity index (χ4v) is 3.84. The van der Waals surface area contributed by atoms with E-state index in [1.54, 1.807) is 12.1 Å². The summed E-state index contributed by atoms with van der Waals surface area (Å²) in [5.41, 5.74) is 0.972. The molecule has 3 rings (SSSR count). The maximum Gasteiger partial charge on any atom is 0.297 e. The van der Waals surface area contributed by atoms with Crippen LogP contribution < -0.4 is 0 Å². The van der Waals surface area contributed by atoms with Crippen LogP contribution in [0.1, 0.15) is 47.8 Å². The number of amides is 1. The van der Waals surface area contributed by atoms with Crippen LogP contribution in [0, 0.1) is 5.82 Å². The maximum atomic E-state index is 13.3. The van der Waals surface area contributed by atoms with Crippen molar-refractivity contribution in [1.82, 2.24) is 10.0 Å². The molecule has 1 amide bonds. The van der Waals surface area contributed by atoms with E-state index in [1.807, 2.05) is 6.92 Å². The number of halogens is 1. The molecule has 0 spiro atoms. The second-order valence-corrected chi connectivity index (χ2v) is 7.33. The zero-order valence-electron chi connectivity index (χ0n) is 15.6. The van der Waals surface area contributed by atoms with Crippen molar-refractivity contribution in [3.05, 3.63) is 40.8 Å². The third-order valence-electron chi connectivity index (χ3n) is 4.35. The maximum absolute atomic E-state index is 13.3. The lowest BCUT2D eigenvalue weighted by Gasteiger charge is -2.25. The molecule has 1 aliphatic heterocycles. The lowest BCUT2D eigenvalue weighted by molar-refractivity contribution is -0.186. The second-order valence-electron chi connectivity index (χ2n) is 6.30. The second kappa shape index (κ2) is 8.88. The van der Waals surface area contributed by atoms with Crippen LogP contribution in [-0.2, 0) is 14.3 Å². The zero-order chi connectivity index (χ0) is 19.4. The Balaban J connectivity index is 1.90. The minimum atomic E-state index is -0.375. The Kier molecular flexibility index (Phi) is 6.54. The Bertz CT molecular complexity index is 775. The van der Waals surface area contributed by atoms with Gasteiger partial charge in [-0.2, -0.15) is 0 Å². The highest BCUT2D eigenvalue weighted by Gasteiger charge is 2.26. The number of hydrogen-bond acceptors (Lipinski definition) is 6. The van der Waals surface area contributed by atoms with Gasteiger partial charge in [-0.1, -0.05) is 12.1 Å². The summed E-state index contributed by atoms with van der Waals surface area (Å²) in [6.45, 7) is 2.58. The number of benzene rings is 1. The summed E-state index contributed by atoms with van der Waals surface area (Å²) in [4.78, 5) is 22.8.